The second-order valence-electron chi connectivity index (χ2n) is 5.43. The molecule has 0 amide bonds. The van der Waals surface area contributed by atoms with Gasteiger partial charge in [-0.2, -0.15) is 11.8 Å². The van der Waals surface area contributed by atoms with Gasteiger partial charge in [-0.15, -0.1) is 0 Å². The first kappa shape index (κ1) is 32.5. The van der Waals surface area contributed by atoms with E-state index < -0.39 is 32.6 Å². The Morgan fingerprint density at radius 2 is 1.55 bits per heavy atom. The van der Waals surface area contributed by atoms with Gasteiger partial charge in [0.25, 0.3) is 0 Å². The van der Waals surface area contributed by atoms with Crippen molar-refractivity contribution in [1.82, 2.24) is 0 Å². The van der Waals surface area contributed by atoms with E-state index in [0.717, 1.165) is 30.6 Å². The summed E-state index contributed by atoms with van der Waals surface area (Å²) in [5, 5.41) is 8.18. The van der Waals surface area contributed by atoms with E-state index in [2.05, 4.69) is 22.6 Å². The van der Waals surface area contributed by atoms with E-state index in [1.165, 1.54) is 0 Å². The minimum atomic E-state index is -2.95. The third-order valence-corrected chi connectivity index (χ3v) is 5.15. The molecule has 0 saturated heterocycles. The topological polar surface area (TPSA) is 124 Å². The van der Waals surface area contributed by atoms with Crippen molar-refractivity contribution in [1.29, 1.82) is 0 Å². The Bertz CT molecular complexity index is 570. The van der Waals surface area contributed by atoms with E-state index in [4.69, 9.17) is 5.11 Å². The van der Waals surface area contributed by atoms with Crippen molar-refractivity contribution in [2.75, 3.05) is 55.8 Å². The lowest BCUT2D eigenvalue weighted by molar-refractivity contribution is -0.138. The molecular weight excluding hydrogens is 440 g/mol. The number of esters is 2. The molecule has 0 rings (SSSR count). The smallest absolute Gasteiger partial charge is 0.330 e. The highest BCUT2D eigenvalue weighted by Gasteiger charge is 2.02. The molecular formula is C18H34O8S3. The van der Waals surface area contributed by atoms with Gasteiger partial charge in [0.1, 0.15) is 9.84 Å². The SMILES string of the molecule is C=CC(=O)OCCCS(C)(=O)=O.C=CC(=O)OCCCS(C)=O.CSCCCO. The summed E-state index contributed by atoms with van der Waals surface area (Å²) < 4.78 is 40.9. The average molecular weight is 475 g/mol. The lowest BCUT2D eigenvalue weighted by Gasteiger charge is -1.99. The third-order valence-electron chi connectivity index (χ3n) is 2.56. The largest absolute Gasteiger partial charge is 0.463 e. The molecule has 0 bridgehead atoms. The third kappa shape index (κ3) is 38.1. The van der Waals surface area contributed by atoms with Gasteiger partial charge >= 0.3 is 11.9 Å². The van der Waals surface area contributed by atoms with E-state index in [1.807, 2.05) is 6.26 Å². The van der Waals surface area contributed by atoms with Crippen LogP contribution in [0, 0.1) is 0 Å². The number of carbonyl (C=O) groups excluding carboxylic acids is 2. The quantitative estimate of drug-likeness (QED) is 0.239. The van der Waals surface area contributed by atoms with Crippen LogP contribution in [0.25, 0.3) is 0 Å². The maximum Gasteiger partial charge on any atom is 0.330 e. The van der Waals surface area contributed by atoms with Crippen LogP contribution in [0.15, 0.2) is 25.3 Å². The molecule has 8 nitrogen and oxygen atoms in total. The predicted octanol–water partition coefficient (Wildman–Crippen LogP) is 1.37. The Hall–Kier alpha value is -1.17. The zero-order chi connectivity index (χ0) is 23.1. The fourth-order valence-electron chi connectivity index (χ4n) is 1.26. The molecule has 1 atom stereocenters. The molecule has 0 aromatic carbocycles. The summed E-state index contributed by atoms with van der Waals surface area (Å²) in [4.78, 5) is 20.9. The van der Waals surface area contributed by atoms with Gasteiger partial charge in [0.05, 0.1) is 19.0 Å². The molecule has 0 heterocycles. The highest BCUT2D eigenvalue weighted by atomic mass is 32.2. The second-order valence-corrected chi connectivity index (χ2v) is 10.2. The molecule has 0 fully saturated rings. The van der Waals surface area contributed by atoms with Gasteiger partial charge in [-0.25, -0.2) is 18.0 Å². The zero-order valence-corrected chi connectivity index (χ0v) is 19.9. The van der Waals surface area contributed by atoms with Gasteiger partial charge in [0.2, 0.25) is 0 Å². The summed E-state index contributed by atoms with van der Waals surface area (Å²) in [5.41, 5.74) is 0. The van der Waals surface area contributed by atoms with Crippen LogP contribution in [0.1, 0.15) is 19.3 Å². The predicted molar refractivity (Wildman–Crippen MR) is 120 cm³/mol. The lowest BCUT2D eigenvalue weighted by Crippen LogP contribution is -2.08. The molecule has 0 spiro atoms. The maximum absolute atomic E-state index is 10.6. The van der Waals surface area contributed by atoms with Crippen LogP contribution in [0.5, 0.6) is 0 Å². The number of hydrogen-bond donors (Lipinski definition) is 1. The fraction of sp³-hybridized carbons (Fsp3) is 0.667. The van der Waals surface area contributed by atoms with Crippen LogP contribution < -0.4 is 0 Å². The summed E-state index contributed by atoms with van der Waals surface area (Å²) in [5.74, 6) is 0.744. The van der Waals surface area contributed by atoms with Crippen molar-refractivity contribution >= 4 is 44.3 Å². The molecule has 0 saturated carbocycles. The van der Waals surface area contributed by atoms with Gasteiger partial charge in [0.15, 0.2) is 0 Å². The molecule has 0 aromatic heterocycles. The highest BCUT2D eigenvalue weighted by molar-refractivity contribution is 7.98. The first-order valence-corrected chi connectivity index (χ1v) is 13.9. The summed E-state index contributed by atoms with van der Waals surface area (Å²) in [6, 6.07) is 0. The van der Waals surface area contributed by atoms with E-state index in [1.54, 1.807) is 18.0 Å². The maximum atomic E-state index is 10.6. The Kier molecular flexibility index (Phi) is 25.9. The van der Waals surface area contributed by atoms with Crippen molar-refractivity contribution in [2.45, 2.75) is 19.3 Å². The van der Waals surface area contributed by atoms with Crippen LogP contribution in [-0.4, -0.2) is 85.5 Å². The summed E-state index contributed by atoms with van der Waals surface area (Å²) >= 11 is 1.77. The summed E-state index contributed by atoms with van der Waals surface area (Å²) in [7, 11) is -3.75. The van der Waals surface area contributed by atoms with Crippen molar-refractivity contribution in [3.8, 4) is 0 Å². The number of hydrogen-bond acceptors (Lipinski definition) is 9. The Morgan fingerprint density at radius 1 is 1.07 bits per heavy atom. The van der Waals surface area contributed by atoms with Gasteiger partial charge < -0.3 is 14.6 Å². The van der Waals surface area contributed by atoms with E-state index in [-0.39, 0.29) is 12.4 Å². The molecule has 0 aliphatic heterocycles. The second kappa shape index (κ2) is 23.1. The van der Waals surface area contributed by atoms with Gasteiger partial charge in [-0.05, 0) is 31.3 Å². The first-order chi connectivity index (χ1) is 13.5. The van der Waals surface area contributed by atoms with Crippen LogP contribution in [0.4, 0.5) is 0 Å². The summed E-state index contributed by atoms with van der Waals surface area (Å²) in [6.07, 6.45) is 8.86. The first-order valence-electron chi connectivity index (χ1n) is 8.69. The molecule has 172 valence electrons. The van der Waals surface area contributed by atoms with E-state index in [9.17, 15) is 22.2 Å². The van der Waals surface area contributed by atoms with Crippen LogP contribution in [0.3, 0.4) is 0 Å². The number of carbonyl (C=O) groups is 2. The zero-order valence-electron chi connectivity index (χ0n) is 17.5. The van der Waals surface area contributed by atoms with Crippen molar-refractivity contribution < 1.29 is 36.8 Å². The Balaban J connectivity index is -0.000000369. The summed E-state index contributed by atoms with van der Waals surface area (Å²) in [6.45, 7) is 7.22. The van der Waals surface area contributed by atoms with Crippen molar-refractivity contribution in [3.63, 3.8) is 0 Å². The molecule has 0 aliphatic rings. The van der Waals surface area contributed by atoms with Crippen LogP contribution >= 0.6 is 11.8 Å². The van der Waals surface area contributed by atoms with Gasteiger partial charge in [0, 0.05) is 47.8 Å². The van der Waals surface area contributed by atoms with Gasteiger partial charge in [-0.3, -0.25) is 4.21 Å². The molecule has 11 heteroatoms. The Morgan fingerprint density at radius 3 is 1.86 bits per heavy atom. The minimum absolute atomic E-state index is 0.0391. The monoisotopic (exact) mass is 474 g/mol. The molecule has 0 aliphatic carbocycles. The Labute approximate surface area is 181 Å². The molecule has 0 aromatic rings. The van der Waals surface area contributed by atoms with Crippen LogP contribution in [-0.2, 0) is 39.7 Å². The van der Waals surface area contributed by atoms with E-state index in [0.29, 0.717) is 31.8 Å². The molecule has 0 radical (unpaired) electrons. The van der Waals surface area contributed by atoms with Crippen LogP contribution in [0.2, 0.25) is 0 Å². The molecule has 29 heavy (non-hydrogen) atoms. The number of ether oxygens (including phenoxy) is 2. The van der Waals surface area contributed by atoms with E-state index >= 15 is 0 Å². The van der Waals surface area contributed by atoms with Gasteiger partial charge in [-0.1, -0.05) is 13.2 Å². The fourth-order valence-corrected chi connectivity index (χ4v) is 2.84. The van der Waals surface area contributed by atoms with Crippen molar-refractivity contribution in [2.24, 2.45) is 0 Å². The molecule has 1 unspecified atom stereocenters. The minimum Gasteiger partial charge on any atom is -0.463 e. The number of thioether (sulfide) groups is 1. The standard InChI is InChI=1S/C7H12O4S.C7H12O3S.C4H10OS/c1-3-7(8)11-5-4-6-12(2,9)10;1-3-7(8)10-5-4-6-11(2)9;1-6-4-2-3-5/h3H,1,4-6H2,2H3;3H,1,4-6H2,2H3;5H,2-4H2,1H3. The highest BCUT2D eigenvalue weighted by Crippen LogP contribution is 1.92. The number of sulfone groups is 1. The van der Waals surface area contributed by atoms with Crippen molar-refractivity contribution in [3.05, 3.63) is 25.3 Å². The number of aliphatic hydroxyl groups is 1. The number of rotatable bonds is 13. The lowest BCUT2D eigenvalue weighted by atomic mass is 10.5. The normalized spacial score (nSPS) is 10.9. The number of aliphatic hydroxyl groups excluding tert-OH is 1. The molecule has 1 N–H and O–H groups in total. The average Bonchev–Trinajstić information content (AvgIpc) is 2.66.